The molecular formula is C17H22O3. The molecule has 1 aromatic carbocycles. The molecule has 1 aliphatic carbocycles. The van der Waals surface area contributed by atoms with Gasteiger partial charge in [-0.2, -0.15) is 0 Å². The predicted molar refractivity (Wildman–Crippen MR) is 78.1 cm³/mol. The number of carbonyl (C=O) groups excluding carboxylic acids is 1. The van der Waals surface area contributed by atoms with Gasteiger partial charge in [-0.05, 0) is 18.4 Å². The van der Waals surface area contributed by atoms with Crippen molar-refractivity contribution in [3.63, 3.8) is 0 Å². The van der Waals surface area contributed by atoms with Gasteiger partial charge in [-0.3, -0.25) is 4.79 Å². The van der Waals surface area contributed by atoms with E-state index in [2.05, 4.69) is 0 Å². The third-order valence-electron chi connectivity index (χ3n) is 4.09. The molecule has 3 heteroatoms. The summed E-state index contributed by atoms with van der Waals surface area (Å²) in [5.74, 6) is -0.0341. The zero-order valence-electron chi connectivity index (χ0n) is 11.8. The first-order valence-electron chi connectivity index (χ1n) is 7.20. The van der Waals surface area contributed by atoms with Crippen LogP contribution in [-0.2, 0) is 4.79 Å². The molecule has 1 saturated carbocycles. The number of Topliss-reactive ketones (excluding diaryl/α,β-unsaturated/α-hetero) is 1. The van der Waals surface area contributed by atoms with Crippen LogP contribution in [0.2, 0.25) is 0 Å². The lowest BCUT2D eigenvalue weighted by Gasteiger charge is -2.13. The molecule has 4 atom stereocenters. The van der Waals surface area contributed by atoms with Crippen molar-refractivity contribution < 1.29 is 15.0 Å². The average Bonchev–Trinajstić information content (AvgIpc) is 2.70. The summed E-state index contributed by atoms with van der Waals surface area (Å²) < 4.78 is 0. The summed E-state index contributed by atoms with van der Waals surface area (Å²) in [6.45, 7) is 1.87. The molecule has 2 rings (SSSR count). The fourth-order valence-electron chi connectivity index (χ4n) is 2.72. The summed E-state index contributed by atoms with van der Waals surface area (Å²) in [4.78, 5) is 11.5. The molecule has 20 heavy (non-hydrogen) atoms. The average molecular weight is 274 g/mol. The molecule has 1 aliphatic rings. The quantitative estimate of drug-likeness (QED) is 0.812. The number of carbonyl (C=O) groups is 1. The fourth-order valence-corrected chi connectivity index (χ4v) is 2.72. The number of aliphatic hydroxyl groups excluding tert-OH is 2. The van der Waals surface area contributed by atoms with Crippen molar-refractivity contribution in [2.75, 3.05) is 0 Å². The molecule has 0 radical (unpaired) electrons. The standard InChI is InChI=1S/C17H22O3/c1-12-14(17(20)11-16(12)19)9-5-6-10-15(18)13-7-3-2-4-8-13/h2-5,7-9,12,14-15,17-18,20H,6,10-11H2,1H3/b9-5+/t12-,14-,15?,17+/m1/s1. The molecule has 0 aliphatic heterocycles. The minimum absolute atomic E-state index is 0.0728. The predicted octanol–water partition coefficient (Wildman–Crippen LogP) is 2.64. The van der Waals surface area contributed by atoms with Gasteiger partial charge in [-0.1, -0.05) is 49.4 Å². The Bertz CT molecular complexity index is 466. The highest BCUT2D eigenvalue weighted by molar-refractivity contribution is 5.84. The van der Waals surface area contributed by atoms with Gasteiger partial charge in [0.2, 0.25) is 0 Å². The van der Waals surface area contributed by atoms with Crippen LogP contribution in [0.5, 0.6) is 0 Å². The molecule has 0 amide bonds. The zero-order chi connectivity index (χ0) is 14.5. The van der Waals surface area contributed by atoms with Crippen LogP contribution in [0.3, 0.4) is 0 Å². The van der Waals surface area contributed by atoms with Crippen LogP contribution < -0.4 is 0 Å². The van der Waals surface area contributed by atoms with Crippen LogP contribution in [-0.4, -0.2) is 22.1 Å². The Morgan fingerprint density at radius 3 is 2.65 bits per heavy atom. The number of hydrogen-bond donors (Lipinski definition) is 2. The van der Waals surface area contributed by atoms with E-state index in [1.165, 1.54) is 0 Å². The molecule has 1 aromatic rings. The van der Waals surface area contributed by atoms with E-state index in [0.29, 0.717) is 6.42 Å². The first-order chi connectivity index (χ1) is 9.59. The molecule has 108 valence electrons. The zero-order valence-corrected chi connectivity index (χ0v) is 11.8. The van der Waals surface area contributed by atoms with Crippen LogP contribution in [0.4, 0.5) is 0 Å². The SMILES string of the molecule is C[C@H]1C(=O)C[C@H](O)[C@@H]1/C=C/CCC(O)c1ccccc1. The molecule has 0 aromatic heterocycles. The summed E-state index contributed by atoms with van der Waals surface area (Å²) in [5, 5.41) is 19.8. The van der Waals surface area contributed by atoms with Crippen LogP contribution in [0.1, 0.15) is 37.9 Å². The minimum atomic E-state index is -0.548. The number of ketones is 1. The van der Waals surface area contributed by atoms with E-state index in [-0.39, 0.29) is 24.0 Å². The van der Waals surface area contributed by atoms with Crippen LogP contribution in [0, 0.1) is 11.8 Å². The van der Waals surface area contributed by atoms with Gasteiger partial charge in [0.25, 0.3) is 0 Å². The Morgan fingerprint density at radius 1 is 1.35 bits per heavy atom. The van der Waals surface area contributed by atoms with Crippen molar-refractivity contribution in [1.82, 2.24) is 0 Å². The summed E-state index contributed by atoms with van der Waals surface area (Å²) in [7, 11) is 0. The van der Waals surface area contributed by atoms with E-state index >= 15 is 0 Å². The van der Waals surface area contributed by atoms with Crippen molar-refractivity contribution >= 4 is 5.78 Å². The molecule has 0 heterocycles. The molecule has 0 saturated heterocycles. The lowest BCUT2D eigenvalue weighted by molar-refractivity contribution is -0.120. The highest BCUT2D eigenvalue weighted by atomic mass is 16.3. The Hall–Kier alpha value is -1.45. The fraction of sp³-hybridized carbons (Fsp3) is 0.471. The summed E-state index contributed by atoms with van der Waals surface area (Å²) in [6, 6.07) is 9.58. The van der Waals surface area contributed by atoms with Crippen LogP contribution >= 0.6 is 0 Å². The van der Waals surface area contributed by atoms with Gasteiger partial charge in [0.15, 0.2) is 0 Å². The van der Waals surface area contributed by atoms with Crippen molar-refractivity contribution in [3.05, 3.63) is 48.0 Å². The lowest BCUT2D eigenvalue weighted by atomic mass is 9.95. The Balaban J connectivity index is 1.81. The maximum Gasteiger partial charge on any atom is 0.138 e. The summed E-state index contributed by atoms with van der Waals surface area (Å²) in [5.41, 5.74) is 0.922. The first-order valence-corrected chi connectivity index (χ1v) is 7.20. The van der Waals surface area contributed by atoms with Gasteiger partial charge in [-0.25, -0.2) is 0 Å². The molecule has 2 N–H and O–H groups in total. The van der Waals surface area contributed by atoms with E-state index in [9.17, 15) is 15.0 Å². The van der Waals surface area contributed by atoms with E-state index < -0.39 is 12.2 Å². The molecular weight excluding hydrogens is 252 g/mol. The highest BCUT2D eigenvalue weighted by Crippen LogP contribution is 2.30. The van der Waals surface area contributed by atoms with E-state index in [4.69, 9.17) is 0 Å². The largest absolute Gasteiger partial charge is 0.392 e. The first kappa shape index (κ1) is 14.9. The van der Waals surface area contributed by atoms with Gasteiger partial charge in [0.05, 0.1) is 12.2 Å². The second kappa shape index (κ2) is 6.82. The van der Waals surface area contributed by atoms with Crippen molar-refractivity contribution in [1.29, 1.82) is 0 Å². The lowest BCUT2D eigenvalue weighted by Crippen LogP contribution is -2.15. The molecule has 0 spiro atoms. The normalized spacial score (nSPS) is 28.1. The number of allylic oxidation sites excluding steroid dienone is 1. The Morgan fingerprint density at radius 2 is 2.05 bits per heavy atom. The van der Waals surface area contributed by atoms with Crippen LogP contribution in [0.25, 0.3) is 0 Å². The third kappa shape index (κ3) is 3.56. The van der Waals surface area contributed by atoms with Crippen molar-refractivity contribution in [3.8, 4) is 0 Å². The van der Waals surface area contributed by atoms with Gasteiger partial charge in [-0.15, -0.1) is 0 Å². The monoisotopic (exact) mass is 274 g/mol. The molecule has 3 nitrogen and oxygen atoms in total. The van der Waals surface area contributed by atoms with Gasteiger partial charge in [0, 0.05) is 18.3 Å². The highest BCUT2D eigenvalue weighted by Gasteiger charge is 2.36. The Kier molecular flexibility index (Phi) is 5.10. The summed E-state index contributed by atoms with van der Waals surface area (Å²) in [6.07, 6.45) is 4.53. The molecule has 0 bridgehead atoms. The number of benzene rings is 1. The second-order valence-corrected chi connectivity index (χ2v) is 5.54. The number of aliphatic hydroxyl groups is 2. The maximum absolute atomic E-state index is 11.5. The maximum atomic E-state index is 11.5. The second-order valence-electron chi connectivity index (χ2n) is 5.54. The molecule has 1 unspecified atom stereocenters. The smallest absolute Gasteiger partial charge is 0.138 e. The van der Waals surface area contributed by atoms with Crippen molar-refractivity contribution in [2.45, 2.75) is 38.4 Å². The van der Waals surface area contributed by atoms with E-state index in [1.54, 1.807) is 0 Å². The van der Waals surface area contributed by atoms with Gasteiger partial charge in [0.1, 0.15) is 5.78 Å². The van der Waals surface area contributed by atoms with E-state index in [0.717, 1.165) is 12.0 Å². The van der Waals surface area contributed by atoms with Crippen molar-refractivity contribution in [2.24, 2.45) is 11.8 Å². The molecule has 1 fully saturated rings. The topological polar surface area (TPSA) is 57.5 Å². The number of hydrogen-bond acceptors (Lipinski definition) is 3. The van der Waals surface area contributed by atoms with Gasteiger partial charge < -0.3 is 10.2 Å². The number of rotatable bonds is 5. The van der Waals surface area contributed by atoms with Crippen LogP contribution in [0.15, 0.2) is 42.5 Å². The summed E-state index contributed by atoms with van der Waals surface area (Å²) >= 11 is 0. The minimum Gasteiger partial charge on any atom is -0.392 e. The Labute approximate surface area is 120 Å². The van der Waals surface area contributed by atoms with Gasteiger partial charge >= 0.3 is 0 Å². The third-order valence-corrected chi connectivity index (χ3v) is 4.09. The van der Waals surface area contributed by atoms with E-state index in [1.807, 2.05) is 49.4 Å².